The highest BCUT2D eigenvalue weighted by Crippen LogP contribution is 2.33. The van der Waals surface area contributed by atoms with Gasteiger partial charge in [0.2, 0.25) is 0 Å². The first-order chi connectivity index (χ1) is 16.0. The quantitative estimate of drug-likeness (QED) is 0.444. The summed E-state index contributed by atoms with van der Waals surface area (Å²) < 4.78 is 13.0. The second kappa shape index (κ2) is 8.35. The number of aromatic nitrogens is 2. The number of nitrogens with one attached hydrogen (secondary N) is 1. The van der Waals surface area contributed by atoms with E-state index in [1.165, 1.54) is 0 Å². The van der Waals surface area contributed by atoms with Gasteiger partial charge in [0, 0.05) is 18.8 Å². The van der Waals surface area contributed by atoms with Crippen molar-refractivity contribution in [1.82, 2.24) is 9.55 Å². The fourth-order valence-electron chi connectivity index (χ4n) is 4.03. The molecule has 0 radical (unpaired) electrons. The molecule has 0 aliphatic carbocycles. The van der Waals surface area contributed by atoms with Crippen LogP contribution in [0.4, 0.5) is 5.69 Å². The third kappa shape index (κ3) is 3.78. The van der Waals surface area contributed by atoms with Gasteiger partial charge in [-0.2, -0.15) is 0 Å². The molecule has 1 aromatic heterocycles. The van der Waals surface area contributed by atoms with Crippen molar-refractivity contribution in [2.75, 3.05) is 18.6 Å². The van der Waals surface area contributed by atoms with E-state index in [9.17, 15) is 5.11 Å². The maximum Gasteiger partial charge on any atom is 0.148 e. The van der Waals surface area contributed by atoms with Crippen molar-refractivity contribution in [2.24, 2.45) is 7.05 Å². The molecule has 5 rings (SSSR count). The van der Waals surface area contributed by atoms with Crippen LogP contribution in [-0.4, -0.2) is 34.1 Å². The van der Waals surface area contributed by atoms with Crippen LogP contribution < -0.4 is 14.4 Å². The normalized spacial score (nSPS) is 13.8. The molecule has 1 aliphatic heterocycles. The van der Waals surface area contributed by atoms with E-state index in [0.717, 1.165) is 28.0 Å². The van der Waals surface area contributed by atoms with Crippen molar-refractivity contribution in [3.8, 4) is 11.5 Å². The molecule has 7 heteroatoms. The molecule has 2 N–H and O–H groups in total. The van der Waals surface area contributed by atoms with E-state index in [-0.39, 0.29) is 18.1 Å². The van der Waals surface area contributed by atoms with Gasteiger partial charge in [0.1, 0.15) is 35.5 Å². The standard InChI is InChI=1S/C26H24N4O3/c1-29-22-13-12-20(32-2)14-21(22)28-26(29)24-23(31)15-30(25(24)27)18-8-10-19(11-9-18)33-16-17-6-4-3-5-7-17/h3-14,27,31H,15-16H2,1-2H3. The summed E-state index contributed by atoms with van der Waals surface area (Å²) in [7, 11) is 3.49. The molecule has 0 saturated carbocycles. The second-order valence-electron chi connectivity index (χ2n) is 7.87. The molecule has 0 spiro atoms. The Morgan fingerprint density at radius 1 is 1.00 bits per heavy atom. The molecular formula is C26H24N4O3. The maximum absolute atomic E-state index is 10.8. The molecular weight excluding hydrogens is 416 g/mol. The van der Waals surface area contributed by atoms with Gasteiger partial charge in [-0.15, -0.1) is 0 Å². The van der Waals surface area contributed by atoms with E-state index in [1.54, 1.807) is 12.0 Å². The minimum absolute atomic E-state index is 0.120. The van der Waals surface area contributed by atoms with Gasteiger partial charge in [-0.05, 0) is 42.0 Å². The van der Waals surface area contributed by atoms with Crippen molar-refractivity contribution in [3.63, 3.8) is 0 Å². The van der Waals surface area contributed by atoms with Crippen LogP contribution in [0.1, 0.15) is 11.4 Å². The molecule has 0 saturated heterocycles. The lowest BCUT2D eigenvalue weighted by atomic mass is 10.2. The zero-order valence-corrected chi connectivity index (χ0v) is 18.4. The van der Waals surface area contributed by atoms with Gasteiger partial charge in [-0.25, -0.2) is 4.98 Å². The number of aryl methyl sites for hydroxylation is 1. The number of benzene rings is 3. The van der Waals surface area contributed by atoms with Crippen molar-refractivity contribution in [1.29, 1.82) is 5.41 Å². The Bertz CT molecular complexity index is 1360. The van der Waals surface area contributed by atoms with Crippen LogP contribution in [0, 0.1) is 5.41 Å². The zero-order chi connectivity index (χ0) is 22.9. The third-order valence-electron chi connectivity index (χ3n) is 5.81. The molecule has 0 atom stereocenters. The number of ether oxygens (including phenoxy) is 2. The highest BCUT2D eigenvalue weighted by atomic mass is 16.5. The van der Waals surface area contributed by atoms with Gasteiger partial charge in [0.15, 0.2) is 0 Å². The van der Waals surface area contributed by atoms with Crippen LogP contribution in [0.2, 0.25) is 0 Å². The molecule has 7 nitrogen and oxygen atoms in total. The second-order valence-corrected chi connectivity index (χ2v) is 7.87. The minimum atomic E-state index is 0.120. The van der Waals surface area contributed by atoms with Crippen LogP contribution in [0.15, 0.2) is 78.6 Å². The lowest BCUT2D eigenvalue weighted by Gasteiger charge is -2.19. The van der Waals surface area contributed by atoms with Gasteiger partial charge in [0.25, 0.3) is 0 Å². The van der Waals surface area contributed by atoms with E-state index in [2.05, 4.69) is 4.98 Å². The molecule has 33 heavy (non-hydrogen) atoms. The van der Waals surface area contributed by atoms with Crippen molar-refractivity contribution < 1.29 is 14.6 Å². The van der Waals surface area contributed by atoms with Crippen molar-refractivity contribution in [2.45, 2.75) is 6.61 Å². The van der Waals surface area contributed by atoms with Gasteiger partial charge in [0.05, 0.1) is 30.3 Å². The summed E-state index contributed by atoms with van der Waals surface area (Å²) in [5.74, 6) is 2.33. The van der Waals surface area contributed by atoms with Crippen LogP contribution in [0.3, 0.4) is 0 Å². The summed E-state index contributed by atoms with van der Waals surface area (Å²) >= 11 is 0. The molecule has 2 heterocycles. The van der Waals surface area contributed by atoms with Crippen LogP contribution in [0.25, 0.3) is 16.6 Å². The lowest BCUT2D eigenvalue weighted by Crippen LogP contribution is -2.26. The third-order valence-corrected chi connectivity index (χ3v) is 5.81. The summed E-state index contributed by atoms with van der Waals surface area (Å²) in [6.07, 6.45) is 0. The van der Waals surface area contributed by atoms with Gasteiger partial charge >= 0.3 is 0 Å². The molecule has 0 bridgehead atoms. The number of hydrogen-bond acceptors (Lipinski definition) is 5. The highest BCUT2D eigenvalue weighted by molar-refractivity contribution is 6.30. The zero-order valence-electron chi connectivity index (χ0n) is 18.4. The number of amidine groups is 1. The number of aliphatic hydroxyl groups is 1. The Hall–Kier alpha value is -4.26. The number of imidazole rings is 1. The maximum atomic E-state index is 10.8. The molecule has 0 unspecified atom stereocenters. The Labute approximate surface area is 191 Å². The average Bonchev–Trinajstić information content (AvgIpc) is 3.33. The van der Waals surface area contributed by atoms with E-state index in [1.807, 2.05) is 84.4 Å². The Kier molecular flexibility index (Phi) is 5.22. The number of fused-ring (bicyclic) bond motifs is 1. The average molecular weight is 441 g/mol. The van der Waals surface area contributed by atoms with Gasteiger partial charge < -0.3 is 24.0 Å². The fraction of sp³-hybridized carbons (Fsp3) is 0.154. The van der Waals surface area contributed by atoms with E-state index in [0.29, 0.717) is 23.8 Å². The van der Waals surface area contributed by atoms with Gasteiger partial charge in [-0.1, -0.05) is 30.3 Å². The summed E-state index contributed by atoms with van der Waals surface area (Å²) in [6.45, 7) is 0.703. The van der Waals surface area contributed by atoms with Crippen LogP contribution in [-0.2, 0) is 13.7 Å². The van der Waals surface area contributed by atoms with Crippen molar-refractivity contribution >= 4 is 28.1 Å². The predicted molar refractivity (Wildman–Crippen MR) is 129 cm³/mol. The monoisotopic (exact) mass is 440 g/mol. The first kappa shape index (κ1) is 20.6. The molecule has 0 amide bonds. The summed E-state index contributed by atoms with van der Waals surface area (Å²) in [4.78, 5) is 6.43. The predicted octanol–water partition coefficient (Wildman–Crippen LogP) is 4.93. The van der Waals surface area contributed by atoms with E-state index >= 15 is 0 Å². The Morgan fingerprint density at radius 3 is 2.45 bits per heavy atom. The van der Waals surface area contributed by atoms with E-state index in [4.69, 9.17) is 14.9 Å². The first-order valence-corrected chi connectivity index (χ1v) is 10.6. The Balaban J connectivity index is 1.36. The van der Waals surface area contributed by atoms with E-state index < -0.39 is 0 Å². The van der Waals surface area contributed by atoms with Crippen molar-refractivity contribution in [3.05, 3.63) is 89.9 Å². The molecule has 1 aliphatic rings. The Morgan fingerprint density at radius 2 is 1.73 bits per heavy atom. The number of anilines is 1. The van der Waals surface area contributed by atoms with Gasteiger partial charge in [-0.3, -0.25) is 5.41 Å². The highest BCUT2D eigenvalue weighted by Gasteiger charge is 2.32. The molecule has 3 aromatic carbocycles. The molecule has 166 valence electrons. The summed E-state index contributed by atoms with van der Waals surface area (Å²) in [6, 6.07) is 23.2. The smallest absolute Gasteiger partial charge is 0.148 e. The number of aliphatic hydroxyl groups excluding tert-OH is 1. The molecule has 4 aromatic rings. The number of rotatable bonds is 6. The largest absolute Gasteiger partial charge is 0.509 e. The SMILES string of the molecule is COc1ccc2c(c1)nc(C1=C(O)CN(c3ccc(OCc4ccccc4)cc3)C1=N)n2C. The fourth-order valence-corrected chi connectivity index (χ4v) is 4.03. The summed E-state index contributed by atoms with van der Waals surface area (Å²) in [5, 5.41) is 19.5. The molecule has 0 fully saturated rings. The number of methoxy groups -OCH3 is 1. The lowest BCUT2D eigenvalue weighted by molar-refractivity contribution is 0.306. The first-order valence-electron chi connectivity index (χ1n) is 10.6. The summed E-state index contributed by atoms with van der Waals surface area (Å²) in [5.41, 5.74) is 3.98. The number of nitrogens with zero attached hydrogens (tertiary/aromatic N) is 3. The topological polar surface area (TPSA) is 83.6 Å². The van der Waals surface area contributed by atoms with Crippen LogP contribution >= 0.6 is 0 Å². The number of hydrogen-bond donors (Lipinski definition) is 2. The van der Waals surface area contributed by atoms with Crippen LogP contribution in [0.5, 0.6) is 11.5 Å². The minimum Gasteiger partial charge on any atom is -0.509 e.